The van der Waals surface area contributed by atoms with Crippen LogP contribution in [0.25, 0.3) is 0 Å². The van der Waals surface area contributed by atoms with Gasteiger partial charge in [0.15, 0.2) is 0 Å². The van der Waals surface area contributed by atoms with E-state index in [0.29, 0.717) is 6.54 Å². The van der Waals surface area contributed by atoms with Crippen LogP contribution in [0.1, 0.15) is 108 Å². The maximum atomic E-state index is 13.9. The lowest BCUT2D eigenvalue weighted by molar-refractivity contribution is -0.140. The molecule has 1 fully saturated rings. The molecular weight excluding hydrogens is 454 g/mol. The Balaban J connectivity index is 2.35. The summed E-state index contributed by atoms with van der Waals surface area (Å²) >= 11 is 0. The minimum atomic E-state index is -0.748. The van der Waals surface area contributed by atoms with Gasteiger partial charge >= 0.3 is 6.09 Å². The number of benzene rings is 1. The topological polar surface area (TPSA) is 87.7 Å². The van der Waals surface area contributed by atoms with Crippen molar-refractivity contribution in [2.24, 2.45) is 0 Å². The minimum absolute atomic E-state index is 0.134. The molecule has 0 radical (unpaired) electrons. The fraction of sp³-hybridized carbons (Fsp3) is 0.690. The molecule has 0 bridgehead atoms. The van der Waals surface area contributed by atoms with E-state index in [1.165, 1.54) is 6.42 Å². The van der Waals surface area contributed by atoms with E-state index in [1.54, 1.807) is 25.7 Å². The van der Waals surface area contributed by atoms with Crippen LogP contribution < -0.4 is 10.6 Å². The fourth-order valence-corrected chi connectivity index (χ4v) is 4.88. The molecular formula is C29H47N3O4. The molecule has 1 unspecified atom stereocenters. The van der Waals surface area contributed by atoms with Crippen LogP contribution in [0.5, 0.6) is 0 Å². The predicted molar refractivity (Wildman–Crippen MR) is 144 cm³/mol. The van der Waals surface area contributed by atoms with Gasteiger partial charge in [-0.25, -0.2) is 4.79 Å². The summed E-state index contributed by atoms with van der Waals surface area (Å²) in [5, 5.41) is 5.85. The molecule has 2 N–H and O–H groups in total. The zero-order valence-corrected chi connectivity index (χ0v) is 23.2. The monoisotopic (exact) mass is 501 g/mol. The average molecular weight is 502 g/mol. The van der Waals surface area contributed by atoms with Gasteiger partial charge in [0.2, 0.25) is 11.8 Å². The molecule has 36 heavy (non-hydrogen) atoms. The average Bonchev–Trinajstić information content (AvgIpc) is 2.80. The highest BCUT2D eigenvalue weighted by atomic mass is 16.6. The van der Waals surface area contributed by atoms with Crippen LogP contribution in [-0.2, 0) is 14.3 Å². The van der Waals surface area contributed by atoms with E-state index in [0.717, 1.165) is 68.1 Å². The number of hydrogen-bond acceptors (Lipinski definition) is 4. The van der Waals surface area contributed by atoms with Crippen LogP contribution in [0.4, 0.5) is 4.79 Å². The first-order valence-corrected chi connectivity index (χ1v) is 13.7. The van der Waals surface area contributed by atoms with Crippen LogP contribution in [0.15, 0.2) is 18.2 Å². The molecule has 1 saturated carbocycles. The van der Waals surface area contributed by atoms with Crippen molar-refractivity contribution in [1.82, 2.24) is 15.5 Å². The summed E-state index contributed by atoms with van der Waals surface area (Å²) in [5.41, 5.74) is 2.16. The van der Waals surface area contributed by atoms with Crippen molar-refractivity contribution in [2.45, 2.75) is 117 Å². The van der Waals surface area contributed by atoms with Crippen molar-refractivity contribution >= 4 is 17.9 Å². The lowest BCUT2D eigenvalue weighted by Crippen LogP contribution is -2.50. The van der Waals surface area contributed by atoms with Gasteiger partial charge in [0.25, 0.3) is 0 Å². The molecule has 0 aromatic heterocycles. The smallest absolute Gasteiger partial charge is 0.408 e. The maximum Gasteiger partial charge on any atom is 0.408 e. The van der Waals surface area contributed by atoms with Gasteiger partial charge in [-0.2, -0.15) is 0 Å². The van der Waals surface area contributed by atoms with Crippen LogP contribution in [0.3, 0.4) is 0 Å². The van der Waals surface area contributed by atoms with Crippen molar-refractivity contribution in [1.29, 1.82) is 0 Å². The Labute approximate surface area is 217 Å². The number of carbonyl (C=O) groups excluding carboxylic acids is 3. The molecule has 2 rings (SSSR count). The van der Waals surface area contributed by atoms with Crippen LogP contribution in [-0.4, -0.2) is 47.5 Å². The Kier molecular flexibility index (Phi) is 11.7. The molecule has 7 heteroatoms. The van der Waals surface area contributed by atoms with Gasteiger partial charge < -0.3 is 20.3 Å². The third kappa shape index (κ3) is 9.47. The highest BCUT2D eigenvalue weighted by Gasteiger charge is 2.34. The summed E-state index contributed by atoms with van der Waals surface area (Å²) in [7, 11) is 0. The van der Waals surface area contributed by atoms with Gasteiger partial charge in [-0.3, -0.25) is 9.59 Å². The number of ether oxygens (including phenoxy) is 1. The standard InChI is InChI=1S/C29H47N3O4/c1-7-8-9-13-19-32(24(33)20-30-28(35)36-29(4,5)6)26(25-21(2)15-14-16-22(25)3)27(34)31-23-17-11-10-12-18-23/h14-16,23,26H,7-13,17-20H2,1-6H3,(H,30,35)(H,31,34). The van der Waals surface area contributed by atoms with E-state index in [9.17, 15) is 14.4 Å². The summed E-state index contributed by atoms with van der Waals surface area (Å²) in [4.78, 5) is 41.4. The van der Waals surface area contributed by atoms with Crippen LogP contribution in [0.2, 0.25) is 0 Å². The Bertz CT molecular complexity index is 852. The number of hydrogen-bond donors (Lipinski definition) is 2. The molecule has 1 aromatic carbocycles. The van der Waals surface area contributed by atoms with Crippen molar-refractivity contribution in [3.8, 4) is 0 Å². The third-order valence-electron chi connectivity index (χ3n) is 6.68. The molecule has 1 aliphatic rings. The highest BCUT2D eigenvalue weighted by Crippen LogP contribution is 2.29. The van der Waals surface area contributed by atoms with E-state index in [-0.39, 0.29) is 24.4 Å². The van der Waals surface area contributed by atoms with Crippen molar-refractivity contribution in [3.63, 3.8) is 0 Å². The number of nitrogens with zero attached hydrogens (tertiary/aromatic N) is 1. The van der Waals surface area contributed by atoms with Gasteiger partial charge in [-0.1, -0.05) is 63.6 Å². The molecule has 0 saturated heterocycles. The summed E-state index contributed by atoms with van der Waals surface area (Å²) in [5.74, 6) is -0.427. The van der Waals surface area contributed by atoms with Crippen molar-refractivity contribution < 1.29 is 19.1 Å². The van der Waals surface area contributed by atoms with E-state index in [2.05, 4.69) is 17.6 Å². The molecule has 1 aromatic rings. The second-order valence-corrected chi connectivity index (χ2v) is 11.1. The predicted octanol–water partition coefficient (Wildman–Crippen LogP) is 5.73. The van der Waals surface area contributed by atoms with Gasteiger partial charge in [0.1, 0.15) is 18.2 Å². The number of aryl methyl sites for hydroxylation is 2. The molecule has 1 atom stereocenters. The molecule has 7 nitrogen and oxygen atoms in total. The van der Waals surface area contributed by atoms with E-state index < -0.39 is 17.7 Å². The lowest BCUT2D eigenvalue weighted by atomic mass is 9.92. The first-order chi connectivity index (χ1) is 17.0. The Morgan fingerprint density at radius 1 is 1.03 bits per heavy atom. The first kappa shape index (κ1) is 29.7. The molecule has 0 heterocycles. The Morgan fingerprint density at radius 3 is 2.25 bits per heavy atom. The molecule has 0 aliphatic heterocycles. The normalized spacial score (nSPS) is 15.2. The molecule has 0 spiro atoms. The van der Waals surface area contributed by atoms with Crippen LogP contribution >= 0.6 is 0 Å². The number of nitrogens with one attached hydrogen (secondary N) is 2. The van der Waals surface area contributed by atoms with E-state index >= 15 is 0 Å². The minimum Gasteiger partial charge on any atom is -0.444 e. The fourth-order valence-electron chi connectivity index (χ4n) is 4.88. The largest absolute Gasteiger partial charge is 0.444 e. The number of unbranched alkanes of at least 4 members (excludes halogenated alkanes) is 3. The first-order valence-electron chi connectivity index (χ1n) is 13.7. The second-order valence-electron chi connectivity index (χ2n) is 11.1. The van der Waals surface area contributed by atoms with Gasteiger partial charge in [-0.15, -0.1) is 0 Å². The number of amides is 3. The number of carbonyl (C=O) groups is 3. The van der Waals surface area contributed by atoms with E-state index in [1.807, 2.05) is 32.0 Å². The number of alkyl carbamates (subject to hydrolysis) is 1. The van der Waals surface area contributed by atoms with Crippen molar-refractivity contribution in [2.75, 3.05) is 13.1 Å². The summed E-state index contributed by atoms with van der Waals surface area (Å²) in [6.45, 7) is 11.7. The summed E-state index contributed by atoms with van der Waals surface area (Å²) < 4.78 is 5.31. The summed E-state index contributed by atoms with van der Waals surface area (Å²) in [6.07, 6.45) is 8.63. The summed E-state index contributed by atoms with van der Waals surface area (Å²) in [6, 6.07) is 5.34. The Morgan fingerprint density at radius 2 is 1.67 bits per heavy atom. The zero-order chi connectivity index (χ0) is 26.7. The molecule has 1 aliphatic carbocycles. The van der Waals surface area contributed by atoms with Gasteiger partial charge in [0, 0.05) is 12.6 Å². The maximum absolute atomic E-state index is 13.9. The molecule has 202 valence electrons. The SMILES string of the molecule is CCCCCCN(C(=O)CNC(=O)OC(C)(C)C)C(C(=O)NC1CCCCC1)c1c(C)cccc1C. The van der Waals surface area contributed by atoms with Crippen molar-refractivity contribution in [3.05, 3.63) is 34.9 Å². The molecule has 3 amide bonds. The lowest BCUT2D eigenvalue weighted by Gasteiger charge is -2.35. The van der Waals surface area contributed by atoms with Gasteiger partial charge in [0.05, 0.1) is 0 Å². The second kappa shape index (κ2) is 14.2. The Hall–Kier alpha value is -2.57. The third-order valence-corrected chi connectivity index (χ3v) is 6.68. The number of rotatable bonds is 11. The quantitative estimate of drug-likeness (QED) is 0.379. The highest BCUT2D eigenvalue weighted by molar-refractivity contribution is 5.91. The van der Waals surface area contributed by atoms with Crippen LogP contribution in [0, 0.1) is 13.8 Å². The zero-order valence-electron chi connectivity index (χ0n) is 23.2. The van der Waals surface area contributed by atoms with E-state index in [4.69, 9.17) is 4.74 Å². The van der Waals surface area contributed by atoms with Gasteiger partial charge in [-0.05, 0) is 70.6 Å².